The first-order valence-electron chi connectivity index (χ1n) is 5.84. The highest BCUT2D eigenvalue weighted by Crippen LogP contribution is 2.20. The highest BCUT2D eigenvalue weighted by molar-refractivity contribution is 7.09. The van der Waals surface area contributed by atoms with E-state index in [4.69, 9.17) is 0 Å². The van der Waals surface area contributed by atoms with Crippen molar-refractivity contribution in [2.24, 2.45) is 0 Å². The fraction of sp³-hybridized carbons (Fsp3) is 0.385. The summed E-state index contributed by atoms with van der Waals surface area (Å²) >= 11 is 1.41. The molecule has 1 unspecified atom stereocenters. The van der Waals surface area contributed by atoms with E-state index in [1.165, 1.54) is 22.7 Å². The molecule has 0 aliphatic rings. The van der Waals surface area contributed by atoms with Gasteiger partial charge in [-0.3, -0.25) is 0 Å². The molecule has 17 heavy (non-hydrogen) atoms. The first-order chi connectivity index (χ1) is 8.19. The van der Waals surface area contributed by atoms with Gasteiger partial charge in [0.15, 0.2) is 0 Å². The van der Waals surface area contributed by atoms with E-state index in [0.717, 1.165) is 17.4 Å². The summed E-state index contributed by atoms with van der Waals surface area (Å²) in [5.41, 5.74) is 2.64. The van der Waals surface area contributed by atoms with Crippen LogP contribution in [0.25, 0.3) is 0 Å². The van der Waals surface area contributed by atoms with E-state index in [0.29, 0.717) is 0 Å². The zero-order valence-corrected chi connectivity index (χ0v) is 11.2. The maximum Gasteiger partial charge on any atom is 0.203 e. The Morgan fingerprint density at radius 3 is 2.53 bits per heavy atom. The molecule has 0 saturated carbocycles. The second-order valence-corrected chi connectivity index (χ2v) is 4.86. The van der Waals surface area contributed by atoms with Crippen molar-refractivity contribution in [1.82, 2.24) is 9.36 Å². The molecule has 4 heteroatoms. The van der Waals surface area contributed by atoms with Gasteiger partial charge in [-0.25, -0.2) is 4.98 Å². The number of hydrogen-bond donors (Lipinski definition) is 1. The summed E-state index contributed by atoms with van der Waals surface area (Å²) in [7, 11) is 0. The second kappa shape index (κ2) is 5.27. The lowest BCUT2D eigenvalue weighted by molar-refractivity contribution is 0.878. The second-order valence-electron chi connectivity index (χ2n) is 4.11. The average Bonchev–Trinajstić information content (AvgIpc) is 2.75. The third-order valence-corrected chi connectivity index (χ3v) is 3.49. The van der Waals surface area contributed by atoms with Crippen LogP contribution >= 0.6 is 11.5 Å². The van der Waals surface area contributed by atoms with Crippen molar-refractivity contribution in [3.05, 3.63) is 41.2 Å². The Labute approximate surface area is 106 Å². The normalized spacial score (nSPS) is 12.4. The van der Waals surface area contributed by atoms with Crippen LogP contribution in [0.1, 0.15) is 36.8 Å². The predicted molar refractivity (Wildman–Crippen MR) is 72.5 cm³/mol. The molecule has 1 N–H and O–H groups in total. The number of aromatic nitrogens is 2. The van der Waals surface area contributed by atoms with Gasteiger partial charge in [0.25, 0.3) is 0 Å². The molecule has 2 aromatic rings. The average molecular weight is 247 g/mol. The van der Waals surface area contributed by atoms with Crippen molar-refractivity contribution in [3.8, 4) is 0 Å². The fourth-order valence-electron chi connectivity index (χ4n) is 1.67. The van der Waals surface area contributed by atoms with Crippen molar-refractivity contribution in [1.29, 1.82) is 0 Å². The summed E-state index contributed by atoms with van der Waals surface area (Å²) in [6, 6.07) is 8.96. The van der Waals surface area contributed by atoms with Gasteiger partial charge in [0.05, 0.1) is 6.04 Å². The van der Waals surface area contributed by atoms with E-state index in [1.807, 2.05) is 6.92 Å². The molecule has 90 valence electrons. The van der Waals surface area contributed by atoms with Gasteiger partial charge in [-0.1, -0.05) is 31.2 Å². The predicted octanol–water partition coefficient (Wildman–Crippen LogP) is 3.58. The Hall–Kier alpha value is -1.42. The molecule has 0 bridgehead atoms. The number of anilines is 1. The van der Waals surface area contributed by atoms with Crippen LogP contribution in [0.15, 0.2) is 24.3 Å². The molecule has 0 fully saturated rings. The Morgan fingerprint density at radius 1 is 1.29 bits per heavy atom. The van der Waals surface area contributed by atoms with Crippen LogP contribution in [-0.4, -0.2) is 9.36 Å². The molecule has 0 aliphatic heterocycles. The molecule has 0 amide bonds. The largest absolute Gasteiger partial charge is 0.354 e. The monoisotopic (exact) mass is 247 g/mol. The first kappa shape index (κ1) is 12.0. The molecule has 2 rings (SSSR count). The molecule has 1 aromatic carbocycles. The van der Waals surface area contributed by atoms with Crippen LogP contribution in [0.2, 0.25) is 0 Å². The maximum absolute atomic E-state index is 4.31. The molecule has 0 aliphatic carbocycles. The number of rotatable bonds is 4. The molecule has 1 aromatic heterocycles. The Bertz CT molecular complexity index is 476. The smallest absolute Gasteiger partial charge is 0.203 e. The van der Waals surface area contributed by atoms with E-state index in [2.05, 4.69) is 52.8 Å². The fourth-order valence-corrected chi connectivity index (χ4v) is 2.33. The topological polar surface area (TPSA) is 37.8 Å². The summed E-state index contributed by atoms with van der Waals surface area (Å²) in [6.07, 6.45) is 1.08. The molecule has 0 saturated heterocycles. The summed E-state index contributed by atoms with van der Waals surface area (Å²) in [5.74, 6) is 0.825. The SMILES string of the molecule is CCc1ccc(C(C)Nc2nc(C)ns2)cc1. The summed E-state index contributed by atoms with van der Waals surface area (Å²) in [5, 5.41) is 4.25. The lowest BCUT2D eigenvalue weighted by Gasteiger charge is -2.13. The summed E-state index contributed by atoms with van der Waals surface area (Å²) in [4.78, 5) is 4.31. The Kier molecular flexibility index (Phi) is 3.74. The first-order valence-corrected chi connectivity index (χ1v) is 6.62. The minimum atomic E-state index is 0.258. The van der Waals surface area contributed by atoms with Crippen LogP contribution < -0.4 is 5.32 Å². The third kappa shape index (κ3) is 3.03. The molecule has 0 spiro atoms. The zero-order chi connectivity index (χ0) is 12.3. The van der Waals surface area contributed by atoms with Crippen molar-refractivity contribution < 1.29 is 0 Å². The Morgan fingerprint density at radius 2 is 2.00 bits per heavy atom. The van der Waals surface area contributed by atoms with E-state index in [9.17, 15) is 0 Å². The van der Waals surface area contributed by atoms with Gasteiger partial charge in [0.1, 0.15) is 5.82 Å². The summed E-state index contributed by atoms with van der Waals surface area (Å²) < 4.78 is 4.16. The van der Waals surface area contributed by atoms with Gasteiger partial charge in [0.2, 0.25) is 5.13 Å². The standard InChI is InChI=1S/C13H17N3S/c1-4-11-5-7-12(8-6-11)9(2)14-13-15-10(3)16-17-13/h5-9H,4H2,1-3H3,(H,14,15,16). The Balaban J connectivity index is 2.06. The van der Waals surface area contributed by atoms with Crippen LogP contribution in [0, 0.1) is 6.92 Å². The van der Waals surface area contributed by atoms with E-state index in [1.54, 1.807) is 0 Å². The molecular formula is C13H17N3S. The highest BCUT2D eigenvalue weighted by atomic mass is 32.1. The quantitative estimate of drug-likeness (QED) is 0.897. The van der Waals surface area contributed by atoms with E-state index in [-0.39, 0.29) is 6.04 Å². The third-order valence-electron chi connectivity index (χ3n) is 2.76. The maximum atomic E-state index is 4.31. The minimum absolute atomic E-state index is 0.258. The van der Waals surface area contributed by atoms with Gasteiger partial charge < -0.3 is 5.32 Å². The molecule has 3 nitrogen and oxygen atoms in total. The number of nitrogens with zero attached hydrogens (tertiary/aromatic N) is 2. The van der Waals surface area contributed by atoms with Gasteiger partial charge in [0, 0.05) is 11.5 Å². The number of benzene rings is 1. The van der Waals surface area contributed by atoms with Crippen LogP contribution in [0.3, 0.4) is 0 Å². The van der Waals surface area contributed by atoms with Crippen LogP contribution in [-0.2, 0) is 6.42 Å². The van der Waals surface area contributed by atoms with Crippen molar-refractivity contribution >= 4 is 16.7 Å². The van der Waals surface area contributed by atoms with Gasteiger partial charge >= 0.3 is 0 Å². The van der Waals surface area contributed by atoms with Crippen LogP contribution in [0.4, 0.5) is 5.13 Å². The minimum Gasteiger partial charge on any atom is -0.354 e. The van der Waals surface area contributed by atoms with Crippen molar-refractivity contribution in [2.45, 2.75) is 33.2 Å². The molecule has 0 radical (unpaired) electrons. The van der Waals surface area contributed by atoms with Crippen molar-refractivity contribution in [2.75, 3.05) is 5.32 Å². The van der Waals surface area contributed by atoms with E-state index < -0.39 is 0 Å². The molecule has 1 atom stereocenters. The molecule has 1 heterocycles. The van der Waals surface area contributed by atoms with Gasteiger partial charge in [-0.05, 0) is 31.4 Å². The molecular weight excluding hydrogens is 230 g/mol. The van der Waals surface area contributed by atoms with E-state index >= 15 is 0 Å². The number of nitrogens with one attached hydrogen (secondary N) is 1. The zero-order valence-electron chi connectivity index (χ0n) is 10.4. The lowest BCUT2D eigenvalue weighted by Crippen LogP contribution is -2.06. The van der Waals surface area contributed by atoms with Crippen LogP contribution in [0.5, 0.6) is 0 Å². The highest BCUT2D eigenvalue weighted by Gasteiger charge is 2.07. The van der Waals surface area contributed by atoms with Gasteiger partial charge in [-0.2, -0.15) is 4.37 Å². The number of aryl methyl sites for hydroxylation is 2. The summed E-state index contributed by atoms with van der Waals surface area (Å²) in [6.45, 7) is 6.21. The number of hydrogen-bond acceptors (Lipinski definition) is 4. The van der Waals surface area contributed by atoms with Gasteiger partial charge in [-0.15, -0.1) is 0 Å². The lowest BCUT2D eigenvalue weighted by atomic mass is 10.1. The van der Waals surface area contributed by atoms with Crippen molar-refractivity contribution in [3.63, 3.8) is 0 Å².